The highest BCUT2D eigenvalue weighted by Gasteiger charge is 2.12. The van der Waals surface area contributed by atoms with Crippen LogP contribution in [0.3, 0.4) is 0 Å². The van der Waals surface area contributed by atoms with Crippen molar-refractivity contribution in [2.24, 2.45) is 0 Å². The molecule has 56 valence electrons. The summed E-state index contributed by atoms with van der Waals surface area (Å²) in [7, 11) is 1.56. The highest BCUT2D eigenvalue weighted by atomic mass is 16.6. The molecule has 0 radical (unpaired) electrons. The zero-order valence-electron chi connectivity index (χ0n) is 5.96. The molecule has 1 amide bonds. The molecule has 1 atom stereocenters. The molecule has 0 saturated heterocycles. The van der Waals surface area contributed by atoms with Crippen LogP contribution in [0.4, 0.5) is 4.79 Å². The first-order chi connectivity index (χ1) is 4.83. The third kappa shape index (κ3) is 1.76. The number of carbonyl (C=O) groups excluding carboxylic acids is 1. The summed E-state index contributed by atoms with van der Waals surface area (Å²) in [5.74, 6) is 0. The molecular weight excluding hydrogens is 130 g/mol. The summed E-state index contributed by atoms with van der Waals surface area (Å²) < 4.78 is 4.92. The summed E-state index contributed by atoms with van der Waals surface area (Å²) >= 11 is 0. The van der Waals surface area contributed by atoms with Crippen molar-refractivity contribution in [3.8, 4) is 0 Å². The molecule has 0 aromatic carbocycles. The summed E-state index contributed by atoms with van der Waals surface area (Å²) in [5.41, 5.74) is 0. The summed E-state index contributed by atoms with van der Waals surface area (Å²) in [6, 6.07) is 0. The highest BCUT2D eigenvalue weighted by molar-refractivity contribution is 5.67. The Bertz CT molecular complexity index is 154. The molecule has 1 N–H and O–H groups in total. The fraction of sp³-hybridized carbons (Fsp3) is 0.571. The molecule has 0 unspecified atom stereocenters. The highest BCUT2D eigenvalue weighted by Crippen LogP contribution is 2.12. The van der Waals surface area contributed by atoms with Crippen LogP contribution in [0.1, 0.15) is 12.8 Å². The summed E-state index contributed by atoms with van der Waals surface area (Å²) in [5, 5.41) is 2.40. The van der Waals surface area contributed by atoms with Gasteiger partial charge in [0.05, 0.1) is 0 Å². The molecule has 0 fully saturated rings. The van der Waals surface area contributed by atoms with Crippen LogP contribution < -0.4 is 5.32 Å². The van der Waals surface area contributed by atoms with Crippen molar-refractivity contribution in [3.63, 3.8) is 0 Å². The average molecular weight is 141 g/mol. The minimum Gasteiger partial charge on any atom is -0.442 e. The lowest BCUT2D eigenvalue weighted by Crippen LogP contribution is -2.23. The molecule has 0 spiro atoms. The van der Waals surface area contributed by atoms with E-state index in [4.69, 9.17) is 4.74 Å². The molecule has 0 bridgehead atoms. The Morgan fingerprint density at radius 3 is 3.10 bits per heavy atom. The maximum atomic E-state index is 10.6. The van der Waals surface area contributed by atoms with Crippen molar-refractivity contribution >= 4 is 6.09 Å². The van der Waals surface area contributed by atoms with E-state index in [-0.39, 0.29) is 12.2 Å². The second kappa shape index (κ2) is 3.25. The predicted molar refractivity (Wildman–Crippen MR) is 37.7 cm³/mol. The van der Waals surface area contributed by atoms with Crippen LogP contribution in [0.25, 0.3) is 0 Å². The normalized spacial score (nSPS) is 22.7. The van der Waals surface area contributed by atoms with Gasteiger partial charge in [0.1, 0.15) is 6.10 Å². The monoisotopic (exact) mass is 141 g/mol. The molecule has 0 aliphatic heterocycles. The molecule has 3 nitrogen and oxygen atoms in total. The van der Waals surface area contributed by atoms with Crippen molar-refractivity contribution in [1.82, 2.24) is 5.32 Å². The van der Waals surface area contributed by atoms with Crippen molar-refractivity contribution in [2.75, 3.05) is 7.05 Å². The third-order valence-electron chi connectivity index (χ3n) is 1.43. The van der Waals surface area contributed by atoms with Gasteiger partial charge in [0.25, 0.3) is 0 Å². The van der Waals surface area contributed by atoms with E-state index in [1.807, 2.05) is 12.2 Å². The van der Waals surface area contributed by atoms with Gasteiger partial charge >= 0.3 is 6.09 Å². The smallest absolute Gasteiger partial charge is 0.407 e. The van der Waals surface area contributed by atoms with Crippen LogP contribution in [-0.2, 0) is 4.74 Å². The van der Waals surface area contributed by atoms with Crippen molar-refractivity contribution in [1.29, 1.82) is 0 Å². The Morgan fingerprint density at radius 1 is 1.80 bits per heavy atom. The summed E-state index contributed by atoms with van der Waals surface area (Å²) in [6.07, 6.45) is 5.52. The van der Waals surface area contributed by atoms with Crippen LogP contribution in [0, 0.1) is 0 Å². The van der Waals surface area contributed by atoms with E-state index < -0.39 is 0 Å². The summed E-state index contributed by atoms with van der Waals surface area (Å²) in [4.78, 5) is 10.6. The molecular formula is C7H11NO2. The van der Waals surface area contributed by atoms with Crippen LogP contribution in [0.2, 0.25) is 0 Å². The van der Waals surface area contributed by atoms with Crippen molar-refractivity contribution in [3.05, 3.63) is 12.2 Å². The van der Waals surface area contributed by atoms with E-state index >= 15 is 0 Å². The van der Waals surface area contributed by atoms with Crippen LogP contribution >= 0.6 is 0 Å². The number of ether oxygens (including phenoxy) is 1. The first-order valence-corrected chi connectivity index (χ1v) is 3.38. The number of allylic oxidation sites excluding steroid dienone is 1. The predicted octanol–water partition coefficient (Wildman–Crippen LogP) is 1.06. The number of hydrogen-bond donors (Lipinski definition) is 1. The van der Waals surface area contributed by atoms with E-state index in [1.54, 1.807) is 7.05 Å². The molecule has 0 aromatic heterocycles. The first kappa shape index (κ1) is 7.12. The zero-order valence-corrected chi connectivity index (χ0v) is 5.96. The minimum absolute atomic E-state index is 0.0000463. The van der Waals surface area contributed by atoms with Gasteiger partial charge in [-0.25, -0.2) is 4.79 Å². The van der Waals surface area contributed by atoms with Gasteiger partial charge in [-0.3, -0.25) is 0 Å². The number of carbonyl (C=O) groups is 1. The molecule has 10 heavy (non-hydrogen) atoms. The topological polar surface area (TPSA) is 38.3 Å². The lowest BCUT2D eigenvalue weighted by molar-refractivity contribution is 0.121. The van der Waals surface area contributed by atoms with Crippen LogP contribution in [0.5, 0.6) is 0 Å². The van der Waals surface area contributed by atoms with Gasteiger partial charge in [0.2, 0.25) is 0 Å². The van der Waals surface area contributed by atoms with Gasteiger partial charge in [-0.1, -0.05) is 6.08 Å². The average Bonchev–Trinajstić information content (AvgIpc) is 2.40. The van der Waals surface area contributed by atoms with E-state index in [0.717, 1.165) is 12.8 Å². The zero-order chi connectivity index (χ0) is 7.40. The minimum atomic E-state index is -0.350. The maximum absolute atomic E-state index is 10.6. The molecule has 1 aliphatic carbocycles. The molecule has 1 aliphatic rings. The fourth-order valence-corrected chi connectivity index (χ4v) is 0.899. The maximum Gasteiger partial charge on any atom is 0.407 e. The van der Waals surface area contributed by atoms with Gasteiger partial charge in [0, 0.05) is 7.05 Å². The molecule has 0 aromatic rings. The first-order valence-electron chi connectivity index (χ1n) is 3.38. The standard InChI is InChI=1S/C7H11NO2/c1-8-7(9)10-6-4-2-3-5-6/h2,4,6H,3,5H2,1H3,(H,8,9)/t6-/m1/s1. The Labute approximate surface area is 60.1 Å². The van der Waals surface area contributed by atoms with Crippen LogP contribution in [-0.4, -0.2) is 19.2 Å². The Kier molecular flexibility index (Phi) is 2.31. The van der Waals surface area contributed by atoms with Gasteiger partial charge in [-0.05, 0) is 18.9 Å². The SMILES string of the molecule is CNC(=O)O[C@@H]1C=CCC1. The second-order valence-corrected chi connectivity index (χ2v) is 2.20. The summed E-state index contributed by atoms with van der Waals surface area (Å²) in [6.45, 7) is 0. The Balaban J connectivity index is 2.24. The van der Waals surface area contributed by atoms with Gasteiger partial charge in [-0.15, -0.1) is 0 Å². The van der Waals surface area contributed by atoms with E-state index in [0.29, 0.717) is 0 Å². The second-order valence-electron chi connectivity index (χ2n) is 2.20. The third-order valence-corrected chi connectivity index (χ3v) is 1.43. The van der Waals surface area contributed by atoms with Gasteiger partial charge < -0.3 is 10.1 Å². The molecule has 0 heterocycles. The largest absolute Gasteiger partial charge is 0.442 e. The molecule has 3 heteroatoms. The fourth-order valence-electron chi connectivity index (χ4n) is 0.899. The lowest BCUT2D eigenvalue weighted by Gasteiger charge is -2.08. The lowest BCUT2D eigenvalue weighted by atomic mass is 10.3. The van der Waals surface area contributed by atoms with Crippen molar-refractivity contribution in [2.45, 2.75) is 18.9 Å². The van der Waals surface area contributed by atoms with E-state index in [2.05, 4.69) is 5.32 Å². The van der Waals surface area contributed by atoms with Gasteiger partial charge in [0.15, 0.2) is 0 Å². The molecule has 1 rings (SSSR count). The quantitative estimate of drug-likeness (QED) is 0.554. The number of amides is 1. The van der Waals surface area contributed by atoms with Crippen LogP contribution in [0.15, 0.2) is 12.2 Å². The number of hydrogen-bond acceptors (Lipinski definition) is 2. The Morgan fingerprint density at radius 2 is 2.60 bits per heavy atom. The van der Waals surface area contributed by atoms with Crippen molar-refractivity contribution < 1.29 is 9.53 Å². The number of nitrogens with one attached hydrogen (secondary N) is 1. The number of alkyl carbamates (subject to hydrolysis) is 1. The Hall–Kier alpha value is -0.990. The van der Waals surface area contributed by atoms with E-state index in [9.17, 15) is 4.79 Å². The van der Waals surface area contributed by atoms with E-state index in [1.165, 1.54) is 0 Å². The number of rotatable bonds is 1. The van der Waals surface area contributed by atoms with Gasteiger partial charge in [-0.2, -0.15) is 0 Å². The molecule has 0 saturated carbocycles.